The number of anilines is 2. The Morgan fingerprint density at radius 3 is 2.44 bits per heavy atom. The van der Waals surface area contributed by atoms with Gasteiger partial charge in [-0.15, -0.1) is 0 Å². The van der Waals surface area contributed by atoms with Crippen molar-refractivity contribution < 1.29 is 0 Å². The molecule has 45 heavy (non-hydrogen) atoms. The molecule has 0 saturated carbocycles. The summed E-state index contributed by atoms with van der Waals surface area (Å²) in [7, 11) is 0. The van der Waals surface area contributed by atoms with Gasteiger partial charge in [0.1, 0.15) is 23.2 Å². The van der Waals surface area contributed by atoms with Crippen molar-refractivity contribution in [2.24, 2.45) is 0 Å². The molecule has 0 aliphatic carbocycles. The molecule has 0 bridgehead atoms. The van der Waals surface area contributed by atoms with Crippen LogP contribution in [0.1, 0.15) is 29.8 Å². The summed E-state index contributed by atoms with van der Waals surface area (Å²) in [6, 6.07) is 29.0. The van der Waals surface area contributed by atoms with E-state index in [1.165, 1.54) is 11.1 Å². The summed E-state index contributed by atoms with van der Waals surface area (Å²) < 4.78 is 2.08. The zero-order valence-corrected chi connectivity index (χ0v) is 24.9. The lowest BCUT2D eigenvalue weighted by atomic mass is 10.0. The van der Waals surface area contributed by atoms with Crippen molar-refractivity contribution >= 4 is 22.8 Å². The molecule has 7 rings (SSSR count). The number of rotatable bonds is 7. The second-order valence-electron chi connectivity index (χ2n) is 11.4. The van der Waals surface area contributed by atoms with Gasteiger partial charge in [-0.2, -0.15) is 5.26 Å². The Balaban J connectivity index is 1.13. The standard InChI is InChI=1S/C35H32N10/c1-23-4-8-25(9-5-23)29-12-13-30-35(41-29)45(34(42-30)28-3-2-17-39-33(28)37)27-10-6-24(7-11-27)22-44-19-15-26(16-20-44)40-31-14-18-38-32(21-36)43-31/h2-14,17-18,26H,15-16,19-20,22H2,1H3,(H2,37,39)(H,38,40,43). The maximum Gasteiger partial charge on any atom is 0.234 e. The molecule has 0 amide bonds. The number of nitrogen functional groups attached to an aromatic ring is 1. The minimum Gasteiger partial charge on any atom is -0.383 e. The van der Waals surface area contributed by atoms with Crippen LogP contribution in [0.2, 0.25) is 0 Å². The molecule has 6 aromatic rings. The zero-order chi connectivity index (χ0) is 30.8. The van der Waals surface area contributed by atoms with E-state index >= 15 is 0 Å². The van der Waals surface area contributed by atoms with E-state index in [1.54, 1.807) is 12.4 Å². The van der Waals surface area contributed by atoms with Crippen LogP contribution in [0.25, 0.3) is 39.5 Å². The van der Waals surface area contributed by atoms with Gasteiger partial charge in [0, 0.05) is 49.3 Å². The largest absolute Gasteiger partial charge is 0.383 e. The number of benzene rings is 2. The van der Waals surface area contributed by atoms with Gasteiger partial charge in [0.2, 0.25) is 5.82 Å². The van der Waals surface area contributed by atoms with E-state index in [4.69, 9.17) is 21.0 Å². The maximum absolute atomic E-state index is 9.07. The number of aromatic nitrogens is 6. The third kappa shape index (κ3) is 5.94. The molecule has 2 aromatic carbocycles. The van der Waals surface area contributed by atoms with E-state index in [9.17, 15) is 0 Å². The van der Waals surface area contributed by atoms with Crippen molar-refractivity contribution in [2.45, 2.75) is 32.4 Å². The van der Waals surface area contributed by atoms with Crippen LogP contribution in [-0.4, -0.2) is 53.5 Å². The minimum atomic E-state index is 0.183. The number of nitrogens with one attached hydrogen (secondary N) is 1. The fourth-order valence-electron chi connectivity index (χ4n) is 5.82. The summed E-state index contributed by atoms with van der Waals surface area (Å²) in [6.07, 6.45) is 5.30. The van der Waals surface area contributed by atoms with Crippen LogP contribution in [0, 0.1) is 18.3 Å². The summed E-state index contributed by atoms with van der Waals surface area (Å²) in [5.41, 5.74) is 14.0. The van der Waals surface area contributed by atoms with Crippen LogP contribution in [0.15, 0.2) is 91.3 Å². The number of fused-ring (bicyclic) bond motifs is 1. The van der Waals surface area contributed by atoms with Gasteiger partial charge in [-0.05, 0) is 67.8 Å². The second kappa shape index (κ2) is 12.1. The molecule has 1 aliphatic rings. The van der Waals surface area contributed by atoms with Gasteiger partial charge >= 0.3 is 0 Å². The molecule has 222 valence electrons. The summed E-state index contributed by atoms with van der Waals surface area (Å²) >= 11 is 0. The topological polar surface area (TPSA) is 134 Å². The number of nitriles is 1. The van der Waals surface area contributed by atoms with Gasteiger partial charge in [-0.25, -0.2) is 24.9 Å². The van der Waals surface area contributed by atoms with Crippen LogP contribution >= 0.6 is 0 Å². The minimum absolute atomic E-state index is 0.183. The van der Waals surface area contributed by atoms with Crippen LogP contribution in [-0.2, 0) is 6.54 Å². The molecule has 5 heterocycles. The first-order chi connectivity index (χ1) is 22.0. The number of hydrogen-bond donors (Lipinski definition) is 2. The van der Waals surface area contributed by atoms with E-state index < -0.39 is 0 Å². The second-order valence-corrected chi connectivity index (χ2v) is 11.4. The van der Waals surface area contributed by atoms with Crippen molar-refractivity contribution in [3.05, 3.63) is 108 Å². The third-order valence-electron chi connectivity index (χ3n) is 8.23. The highest BCUT2D eigenvalue weighted by Gasteiger charge is 2.21. The predicted octanol–water partition coefficient (Wildman–Crippen LogP) is 5.78. The van der Waals surface area contributed by atoms with Crippen molar-refractivity contribution in [1.82, 2.24) is 34.4 Å². The number of hydrogen-bond acceptors (Lipinski definition) is 9. The summed E-state index contributed by atoms with van der Waals surface area (Å²) in [5, 5.41) is 12.5. The Labute approximate surface area is 261 Å². The fraction of sp³-hybridized carbons (Fsp3) is 0.200. The number of pyridine rings is 2. The summed E-state index contributed by atoms with van der Waals surface area (Å²) in [5.74, 6) is 2.02. The molecule has 10 heteroatoms. The molecule has 3 N–H and O–H groups in total. The molecule has 1 aliphatic heterocycles. The van der Waals surface area contributed by atoms with Crippen LogP contribution in [0.5, 0.6) is 0 Å². The first-order valence-corrected chi connectivity index (χ1v) is 15.0. The molecular weight excluding hydrogens is 560 g/mol. The molecule has 0 atom stereocenters. The highest BCUT2D eigenvalue weighted by atomic mass is 15.2. The lowest BCUT2D eigenvalue weighted by Crippen LogP contribution is -2.38. The van der Waals surface area contributed by atoms with Crippen molar-refractivity contribution in [2.75, 3.05) is 24.1 Å². The van der Waals surface area contributed by atoms with Crippen LogP contribution < -0.4 is 11.1 Å². The molecule has 0 spiro atoms. The van der Waals surface area contributed by atoms with Gasteiger partial charge in [-0.1, -0.05) is 42.0 Å². The monoisotopic (exact) mass is 592 g/mol. The zero-order valence-electron chi connectivity index (χ0n) is 24.9. The van der Waals surface area contributed by atoms with Crippen molar-refractivity contribution in [3.8, 4) is 34.4 Å². The average Bonchev–Trinajstić information content (AvgIpc) is 3.45. The number of aryl methyl sites for hydroxylation is 1. The third-order valence-corrected chi connectivity index (χ3v) is 8.23. The predicted molar refractivity (Wildman–Crippen MR) is 175 cm³/mol. The molecule has 0 radical (unpaired) electrons. The van der Waals surface area contributed by atoms with Gasteiger partial charge in [-0.3, -0.25) is 9.47 Å². The van der Waals surface area contributed by atoms with Crippen molar-refractivity contribution in [3.63, 3.8) is 0 Å². The highest BCUT2D eigenvalue weighted by Crippen LogP contribution is 2.32. The van der Waals surface area contributed by atoms with Crippen LogP contribution in [0.4, 0.5) is 11.6 Å². The summed E-state index contributed by atoms with van der Waals surface area (Å²) in [4.78, 5) is 25.1. The van der Waals surface area contributed by atoms with Crippen molar-refractivity contribution in [1.29, 1.82) is 5.26 Å². The average molecular weight is 593 g/mol. The fourth-order valence-corrected chi connectivity index (χ4v) is 5.82. The van der Waals surface area contributed by atoms with E-state index in [0.29, 0.717) is 23.5 Å². The number of imidazole rings is 1. The first-order valence-electron chi connectivity index (χ1n) is 15.0. The van der Waals surface area contributed by atoms with Gasteiger partial charge in [0.15, 0.2) is 11.5 Å². The van der Waals surface area contributed by atoms with E-state index in [-0.39, 0.29) is 5.82 Å². The smallest absolute Gasteiger partial charge is 0.234 e. The molecule has 1 saturated heterocycles. The van der Waals surface area contributed by atoms with Gasteiger partial charge < -0.3 is 11.1 Å². The lowest BCUT2D eigenvalue weighted by Gasteiger charge is -2.32. The summed E-state index contributed by atoms with van der Waals surface area (Å²) in [6.45, 7) is 4.88. The Morgan fingerprint density at radius 2 is 1.69 bits per heavy atom. The molecular formula is C35H32N10. The Hall–Kier alpha value is -5.66. The van der Waals surface area contributed by atoms with E-state index in [1.807, 2.05) is 36.4 Å². The number of nitrogens with two attached hydrogens (primary N) is 1. The first kappa shape index (κ1) is 28.1. The Bertz CT molecular complexity index is 2000. The Morgan fingerprint density at radius 1 is 0.889 bits per heavy atom. The SMILES string of the molecule is Cc1ccc(-c2ccc3nc(-c4cccnc4N)n(-c4ccc(CN5CCC(Nc6ccnc(C#N)n6)CC5)cc4)c3n2)cc1. The van der Waals surface area contributed by atoms with E-state index in [2.05, 4.69) is 85.2 Å². The molecule has 1 fully saturated rings. The number of piperidine rings is 1. The normalized spacial score (nSPS) is 14.0. The quantitative estimate of drug-likeness (QED) is 0.237. The van der Waals surface area contributed by atoms with Gasteiger partial charge in [0.05, 0.1) is 11.3 Å². The van der Waals surface area contributed by atoms with Gasteiger partial charge in [0.25, 0.3) is 0 Å². The molecule has 10 nitrogen and oxygen atoms in total. The van der Waals surface area contributed by atoms with Crippen LogP contribution in [0.3, 0.4) is 0 Å². The maximum atomic E-state index is 9.07. The lowest BCUT2D eigenvalue weighted by molar-refractivity contribution is 0.211. The molecule has 0 unspecified atom stereocenters. The molecule has 4 aromatic heterocycles. The number of likely N-dealkylation sites (tertiary alicyclic amines) is 1. The number of nitrogens with zero attached hydrogens (tertiary/aromatic N) is 8. The Kier molecular flexibility index (Phi) is 7.59. The highest BCUT2D eigenvalue weighted by molar-refractivity contribution is 5.84. The van der Waals surface area contributed by atoms with E-state index in [0.717, 1.165) is 66.1 Å².